The molecule has 0 atom stereocenters. The SMILES string of the molecule is Cc1cccc(NS(=O)(=O)c2sccc2C2CC2)c1Br. The molecule has 0 bridgehead atoms. The fourth-order valence-corrected chi connectivity index (χ4v) is 5.24. The van der Waals surface area contributed by atoms with Crippen LogP contribution in [-0.4, -0.2) is 8.42 Å². The van der Waals surface area contributed by atoms with Crippen molar-refractivity contribution in [3.05, 3.63) is 45.2 Å². The van der Waals surface area contributed by atoms with Gasteiger partial charge >= 0.3 is 0 Å². The standard InChI is InChI=1S/C14H14BrNO2S2/c1-9-3-2-4-12(13(9)15)16-20(17,18)14-11(7-8-19-14)10-5-6-10/h2-4,7-8,10,16H,5-6H2,1H3. The number of hydrogen-bond donors (Lipinski definition) is 1. The fraction of sp³-hybridized carbons (Fsp3) is 0.286. The molecule has 0 unspecified atom stereocenters. The zero-order chi connectivity index (χ0) is 14.3. The van der Waals surface area contributed by atoms with Crippen molar-refractivity contribution in [1.29, 1.82) is 0 Å². The van der Waals surface area contributed by atoms with Crippen molar-refractivity contribution in [3.8, 4) is 0 Å². The topological polar surface area (TPSA) is 46.2 Å². The maximum atomic E-state index is 12.6. The molecule has 0 spiro atoms. The highest BCUT2D eigenvalue weighted by Gasteiger charge is 2.31. The number of benzene rings is 1. The molecule has 1 N–H and O–H groups in total. The van der Waals surface area contributed by atoms with Crippen LogP contribution in [0.15, 0.2) is 38.3 Å². The Bertz CT molecular complexity index is 748. The number of thiophene rings is 1. The molecule has 0 saturated heterocycles. The van der Waals surface area contributed by atoms with E-state index in [1.54, 1.807) is 6.07 Å². The monoisotopic (exact) mass is 371 g/mol. The van der Waals surface area contributed by atoms with Crippen LogP contribution in [0.3, 0.4) is 0 Å². The van der Waals surface area contributed by atoms with Gasteiger partial charge in [-0.2, -0.15) is 0 Å². The van der Waals surface area contributed by atoms with Crippen molar-refractivity contribution in [2.24, 2.45) is 0 Å². The molecular formula is C14H14BrNO2S2. The van der Waals surface area contributed by atoms with Gasteiger partial charge in [-0.05, 0) is 70.3 Å². The Kier molecular flexibility index (Phi) is 3.64. The molecule has 1 aromatic heterocycles. The molecule has 2 aromatic rings. The first-order valence-corrected chi connectivity index (χ1v) is 9.50. The van der Waals surface area contributed by atoms with E-state index in [-0.39, 0.29) is 0 Å². The zero-order valence-electron chi connectivity index (χ0n) is 10.9. The van der Waals surface area contributed by atoms with E-state index in [0.717, 1.165) is 28.4 Å². The summed E-state index contributed by atoms with van der Waals surface area (Å²) in [6, 6.07) is 7.47. The quantitative estimate of drug-likeness (QED) is 0.859. The minimum atomic E-state index is -3.51. The summed E-state index contributed by atoms with van der Waals surface area (Å²) in [5.41, 5.74) is 2.55. The van der Waals surface area contributed by atoms with E-state index in [9.17, 15) is 8.42 Å². The van der Waals surface area contributed by atoms with Crippen LogP contribution < -0.4 is 4.72 Å². The van der Waals surface area contributed by atoms with Crippen molar-refractivity contribution >= 4 is 43.0 Å². The van der Waals surface area contributed by atoms with Crippen LogP contribution in [0.1, 0.15) is 29.9 Å². The zero-order valence-corrected chi connectivity index (χ0v) is 14.1. The molecule has 1 aliphatic rings. The Morgan fingerprint density at radius 3 is 2.75 bits per heavy atom. The van der Waals surface area contributed by atoms with Crippen LogP contribution in [0.2, 0.25) is 0 Å². The molecule has 1 saturated carbocycles. The number of rotatable bonds is 4. The van der Waals surface area contributed by atoms with Crippen molar-refractivity contribution < 1.29 is 8.42 Å². The summed E-state index contributed by atoms with van der Waals surface area (Å²) in [4.78, 5) is 0. The van der Waals surface area contributed by atoms with Crippen molar-refractivity contribution in [3.63, 3.8) is 0 Å². The predicted octanol–water partition coefficient (Wildman–Crippen LogP) is 4.50. The lowest BCUT2D eigenvalue weighted by molar-refractivity contribution is 0.602. The van der Waals surface area contributed by atoms with E-state index in [1.807, 2.05) is 30.5 Å². The third-order valence-corrected chi connectivity index (χ3v) is 7.29. The molecule has 6 heteroatoms. The first kappa shape index (κ1) is 14.1. The van der Waals surface area contributed by atoms with Crippen LogP contribution in [0.25, 0.3) is 0 Å². The van der Waals surface area contributed by atoms with E-state index >= 15 is 0 Å². The van der Waals surface area contributed by atoms with Crippen LogP contribution in [0, 0.1) is 6.92 Å². The fourth-order valence-electron chi connectivity index (χ4n) is 2.14. The molecule has 1 aliphatic carbocycles. The average molecular weight is 372 g/mol. The molecule has 20 heavy (non-hydrogen) atoms. The lowest BCUT2D eigenvalue weighted by Gasteiger charge is -2.11. The van der Waals surface area contributed by atoms with Gasteiger partial charge in [0.05, 0.1) is 5.69 Å². The number of hydrogen-bond acceptors (Lipinski definition) is 3. The Balaban J connectivity index is 1.96. The first-order valence-electron chi connectivity index (χ1n) is 6.34. The highest BCUT2D eigenvalue weighted by Crippen LogP contribution is 2.45. The van der Waals surface area contributed by atoms with Crippen LogP contribution in [0.4, 0.5) is 5.69 Å². The van der Waals surface area contributed by atoms with Gasteiger partial charge < -0.3 is 0 Å². The van der Waals surface area contributed by atoms with Crippen LogP contribution in [0.5, 0.6) is 0 Å². The number of anilines is 1. The number of nitrogens with one attached hydrogen (secondary N) is 1. The van der Waals surface area contributed by atoms with E-state index in [0.29, 0.717) is 15.8 Å². The summed E-state index contributed by atoms with van der Waals surface area (Å²) in [6.45, 7) is 1.93. The second kappa shape index (κ2) is 5.16. The maximum absolute atomic E-state index is 12.6. The van der Waals surface area contributed by atoms with Crippen molar-refractivity contribution in [2.75, 3.05) is 4.72 Å². The van der Waals surface area contributed by atoms with Crippen LogP contribution in [-0.2, 0) is 10.0 Å². The van der Waals surface area contributed by atoms with Gasteiger partial charge in [0.1, 0.15) is 4.21 Å². The Labute approximate surface area is 131 Å². The summed E-state index contributed by atoms with van der Waals surface area (Å²) in [5, 5.41) is 1.85. The second-order valence-electron chi connectivity index (χ2n) is 4.98. The summed E-state index contributed by atoms with van der Waals surface area (Å²) < 4.78 is 29.0. The van der Waals surface area contributed by atoms with E-state index in [1.165, 1.54) is 11.3 Å². The van der Waals surface area contributed by atoms with Gasteiger partial charge in [0.25, 0.3) is 10.0 Å². The molecule has 1 heterocycles. The minimum absolute atomic E-state index is 0.425. The van der Waals surface area contributed by atoms with E-state index in [2.05, 4.69) is 20.7 Å². The molecule has 1 aromatic carbocycles. The van der Waals surface area contributed by atoms with Crippen molar-refractivity contribution in [1.82, 2.24) is 0 Å². The second-order valence-corrected chi connectivity index (χ2v) is 8.57. The summed E-state index contributed by atoms with van der Waals surface area (Å²) >= 11 is 4.72. The van der Waals surface area contributed by atoms with Gasteiger partial charge in [-0.25, -0.2) is 8.42 Å². The summed E-state index contributed by atoms with van der Waals surface area (Å²) in [5.74, 6) is 0.425. The predicted molar refractivity (Wildman–Crippen MR) is 86.0 cm³/mol. The Hall–Kier alpha value is -0.850. The van der Waals surface area contributed by atoms with Gasteiger partial charge in [0.2, 0.25) is 0 Å². The number of sulfonamides is 1. The maximum Gasteiger partial charge on any atom is 0.271 e. The molecule has 0 radical (unpaired) electrons. The summed E-state index contributed by atoms with van der Waals surface area (Å²) in [7, 11) is -3.51. The summed E-state index contributed by atoms with van der Waals surface area (Å²) in [6.07, 6.45) is 2.18. The normalized spacial score (nSPS) is 15.3. The third-order valence-electron chi connectivity index (χ3n) is 3.36. The van der Waals surface area contributed by atoms with Gasteiger partial charge in [-0.1, -0.05) is 12.1 Å². The molecule has 0 amide bonds. The minimum Gasteiger partial charge on any atom is -0.278 e. The molecule has 3 nitrogen and oxygen atoms in total. The van der Waals surface area contributed by atoms with Crippen molar-refractivity contribution in [2.45, 2.75) is 29.9 Å². The molecule has 1 fully saturated rings. The Morgan fingerprint density at radius 1 is 1.30 bits per heavy atom. The van der Waals surface area contributed by atoms with Crippen LogP contribution >= 0.6 is 27.3 Å². The lowest BCUT2D eigenvalue weighted by atomic mass is 10.2. The average Bonchev–Trinajstić information content (AvgIpc) is 3.11. The molecular weight excluding hydrogens is 358 g/mol. The molecule has 3 rings (SSSR count). The molecule has 106 valence electrons. The largest absolute Gasteiger partial charge is 0.278 e. The molecule has 0 aliphatic heterocycles. The Morgan fingerprint density at radius 2 is 2.05 bits per heavy atom. The third kappa shape index (κ3) is 2.64. The first-order chi connectivity index (χ1) is 9.49. The van der Waals surface area contributed by atoms with Gasteiger partial charge in [0.15, 0.2) is 0 Å². The highest BCUT2D eigenvalue weighted by molar-refractivity contribution is 9.10. The lowest BCUT2D eigenvalue weighted by Crippen LogP contribution is -2.13. The highest BCUT2D eigenvalue weighted by atomic mass is 79.9. The van der Waals surface area contributed by atoms with Gasteiger partial charge in [0, 0.05) is 4.47 Å². The van der Waals surface area contributed by atoms with E-state index in [4.69, 9.17) is 0 Å². The van der Waals surface area contributed by atoms with Gasteiger partial charge in [-0.3, -0.25) is 4.72 Å². The van der Waals surface area contributed by atoms with Gasteiger partial charge in [-0.15, -0.1) is 11.3 Å². The number of halogens is 1. The van der Waals surface area contributed by atoms with E-state index < -0.39 is 10.0 Å². The number of aryl methyl sites for hydroxylation is 1. The smallest absolute Gasteiger partial charge is 0.271 e.